The molecule has 0 spiro atoms. The van der Waals surface area contributed by atoms with Gasteiger partial charge in [0.15, 0.2) is 0 Å². The first-order chi connectivity index (χ1) is 13.4. The van der Waals surface area contributed by atoms with Crippen LogP contribution in [0.2, 0.25) is 13.1 Å². The molecule has 0 radical (unpaired) electrons. The molecule has 1 aromatic heterocycles. The van der Waals surface area contributed by atoms with Crippen molar-refractivity contribution in [3.8, 4) is 22.4 Å². The molecule has 0 amide bonds. The lowest BCUT2D eigenvalue weighted by Crippen LogP contribution is -2.49. The molecule has 0 N–H and O–H groups in total. The summed E-state index contributed by atoms with van der Waals surface area (Å²) >= 11 is 0. The van der Waals surface area contributed by atoms with E-state index in [0.29, 0.717) is 0 Å². The first-order valence-electron chi connectivity index (χ1n) is 10.1. The zero-order valence-corrected chi connectivity index (χ0v) is 17.8. The van der Waals surface area contributed by atoms with Crippen LogP contribution >= 0.6 is 0 Å². The van der Waals surface area contributed by atoms with E-state index in [1.165, 1.54) is 44.3 Å². The van der Waals surface area contributed by atoms with Crippen LogP contribution in [-0.4, -0.2) is 13.1 Å². The van der Waals surface area contributed by atoms with Gasteiger partial charge >= 0.3 is 0 Å². The first-order valence-corrected chi connectivity index (χ1v) is 13.1. The fourth-order valence-electron chi connectivity index (χ4n) is 5.62. The van der Waals surface area contributed by atoms with E-state index < -0.39 is 8.07 Å². The maximum atomic E-state index is 4.78. The van der Waals surface area contributed by atoms with E-state index in [0.717, 1.165) is 0 Å². The van der Waals surface area contributed by atoms with Crippen molar-refractivity contribution in [2.75, 3.05) is 0 Å². The van der Waals surface area contributed by atoms with Crippen LogP contribution < -0.4 is 10.4 Å². The zero-order chi connectivity index (χ0) is 19.3. The normalized spacial score (nSPS) is 17.1. The van der Waals surface area contributed by atoms with E-state index in [1.54, 1.807) is 10.4 Å². The molecule has 0 fully saturated rings. The van der Waals surface area contributed by atoms with Gasteiger partial charge < -0.3 is 0 Å². The molecule has 2 aliphatic rings. The minimum atomic E-state index is -1.73. The summed E-state index contributed by atoms with van der Waals surface area (Å²) in [5.74, 6) is 0. The quantitative estimate of drug-likeness (QED) is 0.377. The van der Waals surface area contributed by atoms with Gasteiger partial charge in [0.05, 0.1) is 5.69 Å². The van der Waals surface area contributed by atoms with Crippen LogP contribution in [0.15, 0.2) is 66.9 Å². The Morgan fingerprint density at radius 3 is 2.32 bits per heavy atom. The monoisotopic (exact) mass is 377 g/mol. The summed E-state index contributed by atoms with van der Waals surface area (Å²) in [5.41, 5.74) is 8.26. The average molecular weight is 378 g/mol. The minimum Gasteiger partial charge on any atom is -0.256 e. The highest BCUT2D eigenvalue weighted by Gasteiger charge is 2.45. The molecule has 1 aliphatic carbocycles. The van der Waals surface area contributed by atoms with Gasteiger partial charge in [-0.15, -0.1) is 0 Å². The fraction of sp³-hybridized carbons (Fsp3) is 0.192. The summed E-state index contributed by atoms with van der Waals surface area (Å²) in [7, 11) is -1.73. The molecule has 0 atom stereocenters. The van der Waals surface area contributed by atoms with Crippen LogP contribution in [0.5, 0.6) is 0 Å². The van der Waals surface area contributed by atoms with E-state index in [-0.39, 0.29) is 5.41 Å². The van der Waals surface area contributed by atoms with Crippen molar-refractivity contribution in [3.05, 3.63) is 78.0 Å². The molecule has 28 heavy (non-hydrogen) atoms. The third-order valence-electron chi connectivity index (χ3n) is 7.07. The van der Waals surface area contributed by atoms with Gasteiger partial charge in [0.1, 0.15) is 8.07 Å². The summed E-state index contributed by atoms with van der Waals surface area (Å²) in [6, 6.07) is 22.8. The van der Waals surface area contributed by atoms with Crippen molar-refractivity contribution >= 4 is 29.2 Å². The molecule has 2 heteroatoms. The SMILES string of the molecule is CC1(C)c2cccnc2-c2ccc3c(c21)-c1cc2ccccc2cc1[Si]3(C)C. The smallest absolute Gasteiger partial charge is 0.113 e. The molecule has 6 rings (SSSR count). The maximum Gasteiger partial charge on any atom is 0.113 e. The lowest BCUT2D eigenvalue weighted by atomic mass is 9.79. The van der Waals surface area contributed by atoms with Gasteiger partial charge in [0.25, 0.3) is 0 Å². The molecule has 0 bridgehead atoms. The summed E-state index contributed by atoms with van der Waals surface area (Å²) in [5, 5.41) is 5.85. The molecule has 136 valence electrons. The second kappa shape index (κ2) is 5.01. The van der Waals surface area contributed by atoms with Crippen molar-refractivity contribution in [1.82, 2.24) is 4.98 Å². The van der Waals surface area contributed by atoms with Crippen LogP contribution in [0.3, 0.4) is 0 Å². The minimum absolute atomic E-state index is 0.0258. The third-order valence-corrected chi connectivity index (χ3v) is 10.6. The average Bonchev–Trinajstić information content (AvgIpc) is 3.06. The van der Waals surface area contributed by atoms with Crippen molar-refractivity contribution in [2.24, 2.45) is 0 Å². The summed E-state index contributed by atoms with van der Waals surface area (Å²) in [6.45, 7) is 9.75. The van der Waals surface area contributed by atoms with E-state index in [1.807, 2.05) is 6.20 Å². The van der Waals surface area contributed by atoms with E-state index in [2.05, 4.69) is 87.6 Å². The molecule has 1 nitrogen and oxygen atoms in total. The van der Waals surface area contributed by atoms with Crippen molar-refractivity contribution in [1.29, 1.82) is 0 Å². The summed E-state index contributed by atoms with van der Waals surface area (Å²) in [6.07, 6.45) is 1.93. The van der Waals surface area contributed by atoms with Crippen LogP contribution in [0, 0.1) is 0 Å². The molecule has 0 unspecified atom stereocenters. The Bertz CT molecular complexity index is 1310. The van der Waals surface area contributed by atoms with Gasteiger partial charge in [-0.25, -0.2) is 0 Å². The van der Waals surface area contributed by atoms with E-state index >= 15 is 0 Å². The van der Waals surface area contributed by atoms with Crippen molar-refractivity contribution in [2.45, 2.75) is 32.4 Å². The Morgan fingerprint density at radius 1 is 0.786 bits per heavy atom. The van der Waals surface area contributed by atoms with Gasteiger partial charge in [-0.2, -0.15) is 0 Å². The van der Waals surface area contributed by atoms with Gasteiger partial charge in [0.2, 0.25) is 0 Å². The van der Waals surface area contributed by atoms with Gasteiger partial charge in [-0.1, -0.05) is 75.5 Å². The predicted octanol–water partition coefficient (Wildman–Crippen LogP) is 5.34. The number of rotatable bonds is 0. The molecule has 0 saturated heterocycles. The Balaban J connectivity index is 1.77. The topological polar surface area (TPSA) is 12.9 Å². The van der Waals surface area contributed by atoms with Crippen molar-refractivity contribution < 1.29 is 0 Å². The summed E-state index contributed by atoms with van der Waals surface area (Å²) in [4.78, 5) is 4.78. The first kappa shape index (κ1) is 16.3. The highest BCUT2D eigenvalue weighted by atomic mass is 28.3. The molecule has 3 aromatic carbocycles. The Morgan fingerprint density at radius 2 is 1.54 bits per heavy atom. The van der Waals surface area contributed by atoms with Crippen LogP contribution in [0.25, 0.3) is 33.2 Å². The van der Waals surface area contributed by atoms with E-state index in [4.69, 9.17) is 4.98 Å². The van der Waals surface area contributed by atoms with Gasteiger partial charge in [-0.05, 0) is 55.5 Å². The highest BCUT2D eigenvalue weighted by Crippen LogP contribution is 2.52. The van der Waals surface area contributed by atoms with Gasteiger partial charge in [-0.3, -0.25) is 4.98 Å². The standard InChI is InChI=1S/C26H23NSi/c1-26(2)20-10-7-13-27-25(20)18-11-12-21-23(24(18)26)19-14-16-8-5-6-9-17(16)15-22(19)28(21,3)4/h5-15H,1-4H3. The molecular weight excluding hydrogens is 354 g/mol. The zero-order valence-electron chi connectivity index (χ0n) is 16.8. The second-order valence-corrected chi connectivity index (χ2v) is 13.6. The van der Waals surface area contributed by atoms with Crippen LogP contribution in [0.1, 0.15) is 25.0 Å². The number of nitrogens with zero attached hydrogens (tertiary/aromatic N) is 1. The molecule has 1 aliphatic heterocycles. The fourth-order valence-corrected chi connectivity index (χ4v) is 8.68. The molecule has 2 heterocycles. The molecule has 4 aromatic rings. The number of benzene rings is 3. The van der Waals surface area contributed by atoms with Gasteiger partial charge in [0, 0.05) is 17.2 Å². The number of fused-ring (bicyclic) bond motifs is 8. The molecular formula is C26H23NSi. The lowest BCUT2D eigenvalue weighted by molar-refractivity contribution is 0.661. The Hall–Kier alpha value is -2.71. The van der Waals surface area contributed by atoms with Crippen molar-refractivity contribution in [3.63, 3.8) is 0 Å². The predicted molar refractivity (Wildman–Crippen MR) is 121 cm³/mol. The van der Waals surface area contributed by atoms with E-state index in [9.17, 15) is 0 Å². The Labute approximate surface area is 167 Å². The number of hydrogen-bond acceptors (Lipinski definition) is 1. The number of pyridine rings is 1. The maximum absolute atomic E-state index is 4.78. The van der Waals surface area contributed by atoms with Crippen LogP contribution in [0.4, 0.5) is 0 Å². The largest absolute Gasteiger partial charge is 0.256 e. The molecule has 0 saturated carbocycles. The number of aromatic nitrogens is 1. The summed E-state index contributed by atoms with van der Waals surface area (Å²) < 4.78 is 0. The third kappa shape index (κ3) is 1.79. The lowest BCUT2D eigenvalue weighted by Gasteiger charge is -2.25. The Kier molecular flexibility index (Phi) is 2.91. The van der Waals surface area contributed by atoms with Crippen LogP contribution in [-0.2, 0) is 5.41 Å². The number of hydrogen-bond donors (Lipinski definition) is 0. The second-order valence-electron chi connectivity index (χ2n) is 9.31. The highest BCUT2D eigenvalue weighted by molar-refractivity contribution is 7.04.